The summed E-state index contributed by atoms with van der Waals surface area (Å²) in [5.41, 5.74) is 1.48. The molecule has 22 heavy (non-hydrogen) atoms. The topological polar surface area (TPSA) is 40.5 Å². The quantitative estimate of drug-likeness (QED) is 0.941. The number of benzene rings is 1. The van der Waals surface area contributed by atoms with Crippen molar-refractivity contribution in [1.29, 1.82) is 0 Å². The Balaban J connectivity index is 1.59. The number of halogens is 1. The largest absolute Gasteiger partial charge is 0.388 e. The molecule has 0 aliphatic carbocycles. The molecule has 1 aliphatic rings. The van der Waals surface area contributed by atoms with E-state index in [1.807, 2.05) is 21.7 Å². The molecule has 1 aromatic carbocycles. The highest BCUT2D eigenvalue weighted by Gasteiger charge is 2.28. The van der Waals surface area contributed by atoms with E-state index >= 15 is 0 Å². The van der Waals surface area contributed by atoms with Gasteiger partial charge in [-0.3, -0.25) is 4.79 Å². The average molecular weight is 319 g/mol. The standard InChI is InChI=1S/C17H18FNO2S/c18-15-3-1-12(2-4-15)16(20)13-5-8-19(9-6-13)17(21)14-7-10-22-11-14/h1-4,7,10-11,13,16,20H,5-6,8-9H2. The zero-order valence-corrected chi connectivity index (χ0v) is 12.9. The molecule has 0 spiro atoms. The number of carbonyl (C=O) groups excluding carboxylic acids is 1. The summed E-state index contributed by atoms with van der Waals surface area (Å²) < 4.78 is 12.9. The molecule has 1 atom stereocenters. The van der Waals surface area contributed by atoms with Crippen LogP contribution in [0.3, 0.4) is 0 Å². The molecule has 2 aromatic rings. The third kappa shape index (κ3) is 3.20. The highest BCUT2D eigenvalue weighted by molar-refractivity contribution is 7.08. The third-order valence-corrected chi connectivity index (χ3v) is 4.94. The van der Waals surface area contributed by atoms with Crippen LogP contribution in [0.25, 0.3) is 0 Å². The normalized spacial score (nSPS) is 17.5. The van der Waals surface area contributed by atoms with E-state index < -0.39 is 6.10 Å². The van der Waals surface area contributed by atoms with Gasteiger partial charge >= 0.3 is 0 Å². The molecule has 1 fully saturated rings. The second-order valence-corrected chi connectivity index (χ2v) is 6.42. The zero-order valence-electron chi connectivity index (χ0n) is 12.1. The number of piperidine rings is 1. The van der Waals surface area contributed by atoms with Crippen molar-refractivity contribution in [3.8, 4) is 0 Å². The lowest BCUT2D eigenvalue weighted by Crippen LogP contribution is -2.39. The van der Waals surface area contributed by atoms with E-state index in [2.05, 4.69) is 0 Å². The van der Waals surface area contributed by atoms with E-state index in [-0.39, 0.29) is 17.6 Å². The van der Waals surface area contributed by atoms with Crippen LogP contribution in [0.5, 0.6) is 0 Å². The van der Waals surface area contributed by atoms with Crippen LogP contribution in [0, 0.1) is 11.7 Å². The molecule has 5 heteroatoms. The number of nitrogens with zero attached hydrogens (tertiary/aromatic N) is 1. The number of aliphatic hydroxyl groups is 1. The van der Waals surface area contributed by atoms with Gasteiger partial charge in [-0.1, -0.05) is 12.1 Å². The molecule has 1 unspecified atom stereocenters. The lowest BCUT2D eigenvalue weighted by atomic mass is 9.87. The van der Waals surface area contributed by atoms with E-state index in [0.29, 0.717) is 13.1 Å². The van der Waals surface area contributed by atoms with Crippen LogP contribution in [0.1, 0.15) is 34.9 Å². The number of hydrogen-bond acceptors (Lipinski definition) is 3. The van der Waals surface area contributed by atoms with E-state index in [4.69, 9.17) is 0 Å². The van der Waals surface area contributed by atoms with Crippen molar-refractivity contribution in [2.45, 2.75) is 18.9 Å². The van der Waals surface area contributed by atoms with Crippen molar-refractivity contribution in [2.24, 2.45) is 5.92 Å². The van der Waals surface area contributed by atoms with E-state index in [0.717, 1.165) is 24.0 Å². The van der Waals surface area contributed by atoms with Crippen molar-refractivity contribution >= 4 is 17.2 Å². The second kappa shape index (κ2) is 6.58. The molecular formula is C17H18FNO2S. The van der Waals surface area contributed by atoms with Gasteiger partial charge in [-0.15, -0.1) is 0 Å². The summed E-state index contributed by atoms with van der Waals surface area (Å²) in [4.78, 5) is 14.1. The molecule has 1 aromatic heterocycles. The summed E-state index contributed by atoms with van der Waals surface area (Å²) in [6.45, 7) is 1.30. The van der Waals surface area contributed by atoms with Gasteiger partial charge in [-0.2, -0.15) is 11.3 Å². The van der Waals surface area contributed by atoms with Gasteiger partial charge in [0.05, 0.1) is 11.7 Å². The highest BCUT2D eigenvalue weighted by atomic mass is 32.1. The molecule has 0 bridgehead atoms. The summed E-state index contributed by atoms with van der Waals surface area (Å²) in [7, 11) is 0. The molecule has 3 rings (SSSR count). The first kappa shape index (κ1) is 15.2. The zero-order chi connectivity index (χ0) is 15.5. The Labute approximate surface area is 133 Å². The Hall–Kier alpha value is -1.72. The average Bonchev–Trinajstić information content (AvgIpc) is 3.09. The van der Waals surface area contributed by atoms with E-state index in [1.54, 1.807) is 12.1 Å². The first-order chi connectivity index (χ1) is 10.6. The first-order valence-electron chi connectivity index (χ1n) is 7.40. The van der Waals surface area contributed by atoms with E-state index in [9.17, 15) is 14.3 Å². The Morgan fingerprint density at radius 3 is 2.50 bits per heavy atom. The van der Waals surface area contributed by atoms with Crippen LogP contribution in [-0.2, 0) is 0 Å². The van der Waals surface area contributed by atoms with Crippen molar-refractivity contribution in [3.05, 3.63) is 58.0 Å². The molecule has 1 aliphatic heterocycles. The Morgan fingerprint density at radius 1 is 1.23 bits per heavy atom. The number of hydrogen-bond donors (Lipinski definition) is 1. The number of likely N-dealkylation sites (tertiary alicyclic amines) is 1. The number of carbonyl (C=O) groups is 1. The third-order valence-electron chi connectivity index (χ3n) is 4.25. The molecule has 2 heterocycles. The molecule has 0 saturated carbocycles. The van der Waals surface area contributed by atoms with Crippen LogP contribution in [-0.4, -0.2) is 29.0 Å². The number of aliphatic hydroxyl groups excluding tert-OH is 1. The van der Waals surface area contributed by atoms with Gasteiger partial charge < -0.3 is 10.0 Å². The van der Waals surface area contributed by atoms with Gasteiger partial charge in [0.25, 0.3) is 5.91 Å². The van der Waals surface area contributed by atoms with Crippen molar-refractivity contribution in [1.82, 2.24) is 4.90 Å². The maximum Gasteiger partial charge on any atom is 0.254 e. The molecular weight excluding hydrogens is 301 g/mol. The minimum atomic E-state index is -0.598. The predicted molar refractivity (Wildman–Crippen MR) is 84.3 cm³/mol. The van der Waals surface area contributed by atoms with Gasteiger partial charge in [-0.05, 0) is 47.9 Å². The van der Waals surface area contributed by atoms with E-state index in [1.165, 1.54) is 23.5 Å². The molecule has 1 N–H and O–H groups in total. The van der Waals surface area contributed by atoms with Gasteiger partial charge in [0, 0.05) is 18.5 Å². The lowest BCUT2D eigenvalue weighted by Gasteiger charge is -2.34. The van der Waals surface area contributed by atoms with Crippen LogP contribution in [0.2, 0.25) is 0 Å². The Morgan fingerprint density at radius 2 is 1.91 bits per heavy atom. The fourth-order valence-corrected chi connectivity index (χ4v) is 3.55. The van der Waals surface area contributed by atoms with Gasteiger partial charge in [0.15, 0.2) is 0 Å². The molecule has 3 nitrogen and oxygen atoms in total. The number of amides is 1. The fourth-order valence-electron chi connectivity index (χ4n) is 2.92. The maximum atomic E-state index is 12.9. The maximum absolute atomic E-state index is 12.9. The number of thiophene rings is 1. The van der Waals surface area contributed by atoms with Crippen LogP contribution >= 0.6 is 11.3 Å². The monoisotopic (exact) mass is 319 g/mol. The Bertz CT molecular complexity index is 619. The summed E-state index contributed by atoms with van der Waals surface area (Å²) in [5, 5.41) is 14.2. The lowest BCUT2D eigenvalue weighted by molar-refractivity contribution is 0.0462. The van der Waals surface area contributed by atoms with Crippen molar-refractivity contribution in [3.63, 3.8) is 0 Å². The van der Waals surface area contributed by atoms with Gasteiger partial charge in [0.1, 0.15) is 5.82 Å². The highest BCUT2D eigenvalue weighted by Crippen LogP contribution is 2.31. The smallest absolute Gasteiger partial charge is 0.254 e. The molecule has 1 saturated heterocycles. The molecule has 0 radical (unpaired) electrons. The first-order valence-corrected chi connectivity index (χ1v) is 8.34. The number of rotatable bonds is 3. The SMILES string of the molecule is O=C(c1ccsc1)N1CCC(C(O)c2ccc(F)cc2)CC1. The molecule has 1 amide bonds. The van der Waals surface area contributed by atoms with Crippen molar-refractivity contribution in [2.75, 3.05) is 13.1 Å². The second-order valence-electron chi connectivity index (χ2n) is 5.64. The predicted octanol–water partition coefficient (Wildman–Crippen LogP) is 3.47. The minimum absolute atomic E-state index is 0.0657. The minimum Gasteiger partial charge on any atom is -0.388 e. The summed E-state index contributed by atoms with van der Waals surface area (Å²) in [6.07, 6.45) is 0.919. The summed E-state index contributed by atoms with van der Waals surface area (Å²) in [6, 6.07) is 7.83. The molecule has 116 valence electrons. The Kier molecular flexibility index (Phi) is 4.55. The summed E-state index contributed by atoms with van der Waals surface area (Å²) in [5.74, 6) is -0.125. The summed E-state index contributed by atoms with van der Waals surface area (Å²) >= 11 is 1.52. The van der Waals surface area contributed by atoms with Crippen LogP contribution in [0.4, 0.5) is 4.39 Å². The van der Waals surface area contributed by atoms with Crippen LogP contribution in [0.15, 0.2) is 41.1 Å². The van der Waals surface area contributed by atoms with Gasteiger partial charge in [0.2, 0.25) is 0 Å². The fraction of sp³-hybridized carbons (Fsp3) is 0.353. The van der Waals surface area contributed by atoms with Crippen LogP contribution < -0.4 is 0 Å². The van der Waals surface area contributed by atoms with Crippen molar-refractivity contribution < 1.29 is 14.3 Å². The van der Waals surface area contributed by atoms with Gasteiger partial charge in [-0.25, -0.2) is 4.39 Å².